The van der Waals surface area contributed by atoms with Crippen LogP contribution >= 0.6 is 0 Å². The Hall–Kier alpha value is -4.64. The minimum Gasteiger partial charge on any atom is -0.404 e. The van der Waals surface area contributed by atoms with Gasteiger partial charge < -0.3 is 9.64 Å². The van der Waals surface area contributed by atoms with E-state index in [1.165, 1.54) is 0 Å². The normalized spacial score (nSPS) is 14.4. The first-order chi connectivity index (χ1) is 16.7. The first-order valence-electron chi connectivity index (χ1n) is 11.0. The number of anilines is 3. The van der Waals surface area contributed by atoms with Crippen molar-refractivity contribution in [2.24, 2.45) is 0 Å². The number of ether oxygens (including phenoxy) is 1. The molecule has 5 rings (SSSR count). The third kappa shape index (κ3) is 4.45. The first kappa shape index (κ1) is 21.2. The van der Waals surface area contributed by atoms with Crippen molar-refractivity contribution in [2.75, 3.05) is 4.90 Å². The molecular formula is C29H22N2O3. The van der Waals surface area contributed by atoms with Crippen LogP contribution < -0.4 is 4.90 Å². The van der Waals surface area contributed by atoms with Gasteiger partial charge >= 0.3 is 6.09 Å². The lowest BCUT2D eigenvalue weighted by Gasteiger charge is -2.25. The fraction of sp³-hybridized carbons (Fsp3) is 0.0345. The van der Waals surface area contributed by atoms with Crippen molar-refractivity contribution >= 4 is 35.1 Å². The molecule has 1 aliphatic rings. The van der Waals surface area contributed by atoms with Gasteiger partial charge in [0.2, 0.25) is 0 Å². The molecule has 0 N–H and O–H groups in total. The Morgan fingerprint density at radius 1 is 0.647 bits per heavy atom. The van der Waals surface area contributed by atoms with E-state index in [1.54, 1.807) is 6.08 Å². The molecule has 0 bridgehead atoms. The number of cyclic esters (lactones) is 1. The highest BCUT2D eigenvalue weighted by atomic mass is 16.6. The highest BCUT2D eigenvalue weighted by Crippen LogP contribution is 2.34. The second kappa shape index (κ2) is 9.46. The quantitative estimate of drug-likeness (QED) is 0.310. The van der Waals surface area contributed by atoms with Gasteiger partial charge in [-0.05, 0) is 53.6 Å². The van der Waals surface area contributed by atoms with Crippen molar-refractivity contribution in [3.05, 3.63) is 132 Å². The summed E-state index contributed by atoms with van der Waals surface area (Å²) in [5, 5.41) is 0. The Kier molecular flexibility index (Phi) is 5.91. The van der Waals surface area contributed by atoms with Gasteiger partial charge in [0, 0.05) is 17.1 Å². The van der Waals surface area contributed by atoms with Crippen molar-refractivity contribution in [3.63, 3.8) is 0 Å². The van der Waals surface area contributed by atoms with Crippen molar-refractivity contribution in [1.82, 2.24) is 4.90 Å². The molecule has 166 valence electrons. The molecule has 0 radical (unpaired) electrons. The van der Waals surface area contributed by atoms with Crippen LogP contribution in [0.3, 0.4) is 0 Å². The molecule has 1 aliphatic heterocycles. The minimum absolute atomic E-state index is 0.0247. The number of hydrogen-bond acceptors (Lipinski definition) is 4. The molecule has 0 unspecified atom stereocenters. The summed E-state index contributed by atoms with van der Waals surface area (Å²) in [6.45, 7) is 0.178. The van der Waals surface area contributed by atoms with E-state index in [4.69, 9.17) is 4.74 Å². The lowest BCUT2D eigenvalue weighted by atomic mass is 10.1. The van der Waals surface area contributed by atoms with Crippen LogP contribution in [0.5, 0.6) is 0 Å². The van der Waals surface area contributed by atoms with Crippen LogP contribution in [0.4, 0.5) is 21.9 Å². The SMILES string of the molecule is O=C1O/C(=C\c2ccc(N(c3ccccc3)c3ccccc3)cc2)C(=O)N1Cc1ccccc1. The Bertz CT molecular complexity index is 1280. The van der Waals surface area contributed by atoms with Gasteiger partial charge in [-0.3, -0.25) is 4.79 Å². The van der Waals surface area contributed by atoms with E-state index < -0.39 is 12.0 Å². The summed E-state index contributed by atoms with van der Waals surface area (Å²) in [5.74, 6) is -0.412. The van der Waals surface area contributed by atoms with Crippen LogP contribution in [0.1, 0.15) is 11.1 Å². The van der Waals surface area contributed by atoms with Gasteiger partial charge in [0.05, 0.1) is 6.54 Å². The van der Waals surface area contributed by atoms with Gasteiger partial charge in [-0.2, -0.15) is 0 Å². The largest absolute Gasteiger partial charge is 0.422 e. The summed E-state index contributed by atoms with van der Waals surface area (Å²) in [7, 11) is 0. The third-order valence-electron chi connectivity index (χ3n) is 5.53. The highest BCUT2D eigenvalue weighted by Gasteiger charge is 2.36. The fourth-order valence-electron chi connectivity index (χ4n) is 3.87. The molecule has 4 aromatic rings. The van der Waals surface area contributed by atoms with Crippen molar-refractivity contribution < 1.29 is 14.3 Å². The lowest BCUT2D eigenvalue weighted by molar-refractivity contribution is -0.123. The second-order valence-electron chi connectivity index (χ2n) is 7.85. The maximum atomic E-state index is 12.8. The van der Waals surface area contributed by atoms with Gasteiger partial charge in [-0.15, -0.1) is 0 Å². The summed E-state index contributed by atoms with van der Waals surface area (Å²) < 4.78 is 5.27. The predicted octanol–water partition coefficient (Wildman–Crippen LogP) is 6.68. The topological polar surface area (TPSA) is 49.9 Å². The number of imide groups is 1. The van der Waals surface area contributed by atoms with Crippen molar-refractivity contribution in [3.8, 4) is 0 Å². The number of carbonyl (C=O) groups is 2. The summed E-state index contributed by atoms with van der Waals surface area (Å²) in [6, 6.07) is 37.4. The number of hydrogen-bond donors (Lipinski definition) is 0. The van der Waals surface area contributed by atoms with E-state index in [2.05, 4.69) is 29.2 Å². The van der Waals surface area contributed by atoms with Gasteiger partial charge in [0.1, 0.15) is 0 Å². The molecule has 0 saturated carbocycles. The molecular weight excluding hydrogens is 424 g/mol. The predicted molar refractivity (Wildman–Crippen MR) is 133 cm³/mol. The second-order valence-corrected chi connectivity index (χ2v) is 7.85. The van der Waals surface area contributed by atoms with Crippen LogP contribution in [0.15, 0.2) is 121 Å². The maximum absolute atomic E-state index is 12.8. The van der Waals surface area contributed by atoms with Crippen molar-refractivity contribution in [2.45, 2.75) is 6.54 Å². The van der Waals surface area contributed by atoms with Gasteiger partial charge in [-0.25, -0.2) is 9.69 Å². The lowest BCUT2D eigenvalue weighted by Crippen LogP contribution is -2.28. The van der Waals surface area contributed by atoms with E-state index in [9.17, 15) is 9.59 Å². The average molecular weight is 447 g/mol. The van der Waals surface area contributed by atoms with E-state index in [0.717, 1.165) is 33.1 Å². The molecule has 4 aromatic carbocycles. The molecule has 1 fully saturated rings. The van der Waals surface area contributed by atoms with E-state index in [-0.39, 0.29) is 12.3 Å². The number of rotatable bonds is 6. The van der Waals surface area contributed by atoms with Crippen LogP contribution in [0, 0.1) is 0 Å². The standard InChI is InChI=1S/C29H22N2O3/c32-28-27(34-29(33)30(28)21-23-10-4-1-5-11-23)20-22-16-18-26(19-17-22)31(24-12-6-2-7-13-24)25-14-8-3-9-15-25/h1-20H,21H2/b27-20-. The number of benzene rings is 4. The molecule has 5 nitrogen and oxygen atoms in total. The number of para-hydroxylation sites is 2. The molecule has 1 heterocycles. The molecule has 5 heteroatoms. The van der Waals surface area contributed by atoms with E-state index in [1.807, 2.05) is 91.0 Å². The Balaban J connectivity index is 1.39. The molecule has 0 aliphatic carbocycles. The van der Waals surface area contributed by atoms with Crippen LogP contribution in [-0.2, 0) is 16.1 Å². The van der Waals surface area contributed by atoms with E-state index >= 15 is 0 Å². The average Bonchev–Trinajstić information content (AvgIpc) is 3.14. The Morgan fingerprint density at radius 2 is 1.15 bits per heavy atom. The number of nitrogens with zero attached hydrogens (tertiary/aromatic N) is 2. The Labute approximate surface area is 198 Å². The summed E-state index contributed by atoms with van der Waals surface area (Å²) in [4.78, 5) is 28.3. The minimum atomic E-state index is -0.656. The zero-order valence-corrected chi connectivity index (χ0v) is 18.4. The third-order valence-corrected chi connectivity index (χ3v) is 5.53. The number of carbonyl (C=O) groups excluding carboxylic acids is 2. The van der Waals surface area contributed by atoms with E-state index in [0.29, 0.717) is 0 Å². The smallest absolute Gasteiger partial charge is 0.404 e. The maximum Gasteiger partial charge on any atom is 0.422 e. The molecule has 0 spiro atoms. The molecule has 2 amide bonds. The van der Waals surface area contributed by atoms with Gasteiger partial charge in [-0.1, -0.05) is 78.9 Å². The van der Waals surface area contributed by atoms with Gasteiger partial charge in [0.15, 0.2) is 5.76 Å². The fourth-order valence-corrected chi connectivity index (χ4v) is 3.87. The van der Waals surface area contributed by atoms with Gasteiger partial charge in [0.25, 0.3) is 5.91 Å². The van der Waals surface area contributed by atoms with Crippen LogP contribution in [0.2, 0.25) is 0 Å². The number of amides is 2. The highest BCUT2D eigenvalue weighted by molar-refractivity contribution is 6.09. The molecule has 0 aromatic heterocycles. The monoisotopic (exact) mass is 446 g/mol. The van der Waals surface area contributed by atoms with Crippen LogP contribution in [0.25, 0.3) is 6.08 Å². The Morgan fingerprint density at radius 3 is 1.71 bits per heavy atom. The van der Waals surface area contributed by atoms with Crippen LogP contribution in [-0.4, -0.2) is 16.9 Å². The zero-order chi connectivity index (χ0) is 23.3. The zero-order valence-electron chi connectivity index (χ0n) is 18.4. The summed E-state index contributed by atoms with van der Waals surface area (Å²) in [6.07, 6.45) is 0.945. The first-order valence-corrected chi connectivity index (χ1v) is 11.0. The molecule has 1 saturated heterocycles. The summed E-state index contributed by atoms with van der Waals surface area (Å²) in [5.41, 5.74) is 4.68. The molecule has 34 heavy (non-hydrogen) atoms. The molecule has 0 atom stereocenters. The van der Waals surface area contributed by atoms with Crippen molar-refractivity contribution in [1.29, 1.82) is 0 Å². The summed E-state index contributed by atoms with van der Waals surface area (Å²) >= 11 is 0.